The number of rotatable bonds is 2. The second-order valence-corrected chi connectivity index (χ2v) is 6.70. The summed E-state index contributed by atoms with van der Waals surface area (Å²) in [6.45, 7) is 0. The lowest BCUT2D eigenvalue weighted by molar-refractivity contribution is -0.120. The number of hydrogen-bond acceptors (Lipinski definition) is 4. The molecule has 1 saturated carbocycles. The van der Waals surface area contributed by atoms with E-state index in [-0.39, 0.29) is 17.9 Å². The number of nitrogens with one attached hydrogen (secondary N) is 1. The van der Waals surface area contributed by atoms with E-state index in [0.29, 0.717) is 10.2 Å². The van der Waals surface area contributed by atoms with Gasteiger partial charge in [0.25, 0.3) is 0 Å². The molecule has 2 aromatic rings. The largest absolute Gasteiger partial charge is 0.328 e. The van der Waals surface area contributed by atoms with Crippen molar-refractivity contribution in [1.82, 2.24) is 4.98 Å². The highest BCUT2D eigenvalue weighted by atomic mass is 35.5. The van der Waals surface area contributed by atoms with Gasteiger partial charge in [0, 0.05) is 17.0 Å². The number of carbonyl (C=O) groups excluding carboxylic acids is 1. The average Bonchev–Trinajstić information content (AvgIpc) is 2.80. The highest BCUT2D eigenvalue weighted by Gasteiger charge is 2.25. The number of nitrogens with zero attached hydrogens (tertiary/aromatic N) is 1. The van der Waals surface area contributed by atoms with Gasteiger partial charge in [-0.15, -0.1) is 0 Å². The van der Waals surface area contributed by atoms with Crippen LogP contribution < -0.4 is 11.1 Å². The monoisotopic (exact) mass is 309 g/mol. The predicted octanol–water partition coefficient (Wildman–Crippen LogP) is 3.41. The van der Waals surface area contributed by atoms with Crippen LogP contribution in [-0.4, -0.2) is 16.9 Å². The van der Waals surface area contributed by atoms with E-state index in [0.717, 1.165) is 35.9 Å². The third-order valence-electron chi connectivity index (χ3n) is 3.72. The van der Waals surface area contributed by atoms with Crippen molar-refractivity contribution >= 4 is 44.2 Å². The van der Waals surface area contributed by atoms with Gasteiger partial charge in [-0.25, -0.2) is 4.98 Å². The maximum atomic E-state index is 12.2. The Morgan fingerprint density at radius 1 is 1.35 bits per heavy atom. The van der Waals surface area contributed by atoms with Crippen LogP contribution in [0.3, 0.4) is 0 Å². The molecule has 0 aliphatic heterocycles. The normalized spacial score (nSPS) is 22.9. The van der Waals surface area contributed by atoms with Crippen molar-refractivity contribution in [3.05, 3.63) is 23.2 Å². The van der Waals surface area contributed by atoms with Gasteiger partial charge in [0.05, 0.1) is 10.2 Å². The lowest BCUT2D eigenvalue weighted by Crippen LogP contribution is -2.32. The number of carbonyl (C=O) groups is 1. The fourth-order valence-electron chi connectivity index (χ4n) is 2.54. The number of amides is 1. The van der Waals surface area contributed by atoms with Gasteiger partial charge >= 0.3 is 0 Å². The molecule has 1 aliphatic rings. The summed E-state index contributed by atoms with van der Waals surface area (Å²) in [4.78, 5) is 16.6. The van der Waals surface area contributed by atoms with E-state index in [1.165, 1.54) is 11.3 Å². The second-order valence-electron chi connectivity index (χ2n) is 5.23. The maximum absolute atomic E-state index is 12.2. The van der Waals surface area contributed by atoms with E-state index >= 15 is 0 Å². The molecule has 0 saturated heterocycles. The van der Waals surface area contributed by atoms with Crippen LogP contribution in [0, 0.1) is 5.92 Å². The number of anilines is 1. The summed E-state index contributed by atoms with van der Waals surface area (Å²) in [6.07, 6.45) is 3.58. The molecule has 6 heteroatoms. The standard InChI is InChI=1S/C14H16ClN3OS/c15-9-3-6-11-12(7-9)20-14(17-11)18-13(19)8-1-4-10(16)5-2-8/h3,6-8,10H,1-2,4-5,16H2,(H,17,18,19). The van der Waals surface area contributed by atoms with E-state index in [4.69, 9.17) is 17.3 Å². The van der Waals surface area contributed by atoms with Crippen molar-refractivity contribution in [1.29, 1.82) is 0 Å². The number of halogens is 1. The highest BCUT2D eigenvalue weighted by molar-refractivity contribution is 7.22. The zero-order chi connectivity index (χ0) is 14.1. The molecular weight excluding hydrogens is 294 g/mol. The van der Waals surface area contributed by atoms with Gasteiger partial charge in [0.15, 0.2) is 5.13 Å². The molecule has 1 aromatic heterocycles. The molecule has 0 spiro atoms. The Kier molecular flexibility index (Phi) is 3.92. The van der Waals surface area contributed by atoms with Crippen molar-refractivity contribution in [2.75, 3.05) is 5.32 Å². The number of thiazole rings is 1. The van der Waals surface area contributed by atoms with E-state index in [1.807, 2.05) is 12.1 Å². The van der Waals surface area contributed by atoms with Crippen LogP contribution in [0.15, 0.2) is 18.2 Å². The minimum atomic E-state index is 0.0575. The lowest BCUT2D eigenvalue weighted by atomic mass is 9.86. The van der Waals surface area contributed by atoms with Crippen molar-refractivity contribution < 1.29 is 4.79 Å². The Labute approximate surface area is 126 Å². The van der Waals surface area contributed by atoms with Crippen LogP contribution in [0.25, 0.3) is 10.2 Å². The van der Waals surface area contributed by atoms with E-state index in [9.17, 15) is 4.79 Å². The van der Waals surface area contributed by atoms with Gasteiger partial charge in [0.2, 0.25) is 5.91 Å². The molecular formula is C14H16ClN3OS. The number of fused-ring (bicyclic) bond motifs is 1. The predicted molar refractivity (Wildman–Crippen MR) is 83.2 cm³/mol. The molecule has 20 heavy (non-hydrogen) atoms. The molecule has 0 bridgehead atoms. The molecule has 4 nitrogen and oxygen atoms in total. The second kappa shape index (κ2) is 5.68. The molecule has 1 aliphatic carbocycles. The van der Waals surface area contributed by atoms with E-state index < -0.39 is 0 Å². The smallest absolute Gasteiger partial charge is 0.229 e. The van der Waals surface area contributed by atoms with Crippen molar-refractivity contribution in [3.63, 3.8) is 0 Å². The molecule has 3 N–H and O–H groups in total. The molecule has 1 amide bonds. The van der Waals surface area contributed by atoms with Gasteiger partial charge in [-0.05, 0) is 43.9 Å². The molecule has 1 aromatic carbocycles. The first kappa shape index (κ1) is 13.8. The topological polar surface area (TPSA) is 68.0 Å². The van der Waals surface area contributed by atoms with Crippen LogP contribution >= 0.6 is 22.9 Å². The Morgan fingerprint density at radius 3 is 2.85 bits per heavy atom. The first-order valence-electron chi connectivity index (χ1n) is 6.74. The first-order chi connectivity index (χ1) is 9.61. The molecule has 1 fully saturated rings. The van der Waals surface area contributed by atoms with Gasteiger partial charge in [-0.2, -0.15) is 0 Å². The minimum absolute atomic E-state index is 0.0575. The Bertz CT molecular complexity index is 634. The van der Waals surface area contributed by atoms with Crippen LogP contribution in [-0.2, 0) is 4.79 Å². The summed E-state index contributed by atoms with van der Waals surface area (Å²) in [6, 6.07) is 5.79. The fraction of sp³-hybridized carbons (Fsp3) is 0.429. The Balaban J connectivity index is 1.71. The molecule has 0 atom stereocenters. The summed E-state index contributed by atoms with van der Waals surface area (Å²) in [5, 5.41) is 4.24. The number of benzene rings is 1. The number of hydrogen-bond donors (Lipinski definition) is 2. The van der Waals surface area contributed by atoms with Crippen LogP contribution in [0.4, 0.5) is 5.13 Å². The zero-order valence-electron chi connectivity index (χ0n) is 10.9. The maximum Gasteiger partial charge on any atom is 0.229 e. The van der Waals surface area contributed by atoms with Crippen LogP contribution in [0.1, 0.15) is 25.7 Å². The third kappa shape index (κ3) is 2.95. The molecule has 106 valence electrons. The quantitative estimate of drug-likeness (QED) is 0.893. The Morgan fingerprint density at radius 2 is 2.10 bits per heavy atom. The van der Waals surface area contributed by atoms with E-state index in [1.54, 1.807) is 6.07 Å². The highest BCUT2D eigenvalue weighted by Crippen LogP contribution is 2.30. The minimum Gasteiger partial charge on any atom is -0.328 e. The lowest BCUT2D eigenvalue weighted by Gasteiger charge is -2.24. The summed E-state index contributed by atoms with van der Waals surface area (Å²) in [7, 11) is 0. The summed E-state index contributed by atoms with van der Waals surface area (Å²) in [5.41, 5.74) is 6.72. The summed E-state index contributed by atoms with van der Waals surface area (Å²) < 4.78 is 0.985. The van der Waals surface area contributed by atoms with Crippen molar-refractivity contribution in [2.24, 2.45) is 11.7 Å². The summed E-state index contributed by atoms with van der Waals surface area (Å²) >= 11 is 7.40. The van der Waals surface area contributed by atoms with Crippen LogP contribution in [0.5, 0.6) is 0 Å². The fourth-order valence-corrected chi connectivity index (χ4v) is 3.69. The van der Waals surface area contributed by atoms with Crippen molar-refractivity contribution in [3.8, 4) is 0 Å². The van der Waals surface area contributed by atoms with Gasteiger partial charge < -0.3 is 11.1 Å². The molecule has 3 rings (SSSR count). The average molecular weight is 310 g/mol. The Hall–Kier alpha value is -1.17. The third-order valence-corrected chi connectivity index (χ3v) is 4.89. The van der Waals surface area contributed by atoms with Crippen LogP contribution in [0.2, 0.25) is 5.02 Å². The van der Waals surface area contributed by atoms with Crippen molar-refractivity contribution in [2.45, 2.75) is 31.7 Å². The van der Waals surface area contributed by atoms with Gasteiger partial charge in [-0.1, -0.05) is 22.9 Å². The molecule has 1 heterocycles. The number of nitrogens with two attached hydrogens (primary N) is 1. The SMILES string of the molecule is NC1CCC(C(=O)Nc2nc3ccc(Cl)cc3s2)CC1. The first-order valence-corrected chi connectivity index (χ1v) is 7.94. The van der Waals surface area contributed by atoms with Gasteiger partial charge in [0.1, 0.15) is 0 Å². The zero-order valence-corrected chi connectivity index (χ0v) is 12.5. The van der Waals surface area contributed by atoms with Gasteiger partial charge in [-0.3, -0.25) is 4.79 Å². The molecule has 0 unspecified atom stereocenters. The summed E-state index contributed by atoms with van der Waals surface area (Å²) in [5.74, 6) is 0.118. The van der Waals surface area contributed by atoms with E-state index in [2.05, 4.69) is 10.3 Å². The number of aromatic nitrogens is 1. The molecule has 0 radical (unpaired) electrons.